The molecular formula is C21H19FN4O2. The van der Waals surface area contributed by atoms with Crippen LogP contribution in [-0.4, -0.2) is 34.9 Å². The Bertz CT molecular complexity index is 1070. The van der Waals surface area contributed by atoms with Crippen molar-refractivity contribution in [1.29, 1.82) is 0 Å². The van der Waals surface area contributed by atoms with Gasteiger partial charge in [0, 0.05) is 48.0 Å². The minimum absolute atomic E-state index is 0.245. The van der Waals surface area contributed by atoms with E-state index in [1.807, 2.05) is 12.1 Å². The number of benzene rings is 1. The Labute approximate surface area is 160 Å². The predicted molar refractivity (Wildman–Crippen MR) is 104 cm³/mol. The van der Waals surface area contributed by atoms with Crippen LogP contribution in [0.4, 0.5) is 4.39 Å². The van der Waals surface area contributed by atoms with E-state index in [1.165, 1.54) is 18.2 Å². The molecule has 2 amide bonds. The third-order valence-corrected chi connectivity index (χ3v) is 4.73. The van der Waals surface area contributed by atoms with Crippen LogP contribution in [0, 0.1) is 5.82 Å². The molecular weight excluding hydrogens is 359 g/mol. The van der Waals surface area contributed by atoms with Crippen molar-refractivity contribution in [3.8, 4) is 0 Å². The lowest BCUT2D eigenvalue weighted by molar-refractivity contribution is -0.116. The predicted octanol–water partition coefficient (Wildman–Crippen LogP) is 2.58. The van der Waals surface area contributed by atoms with Crippen LogP contribution in [0.1, 0.15) is 28.0 Å². The number of halogens is 1. The van der Waals surface area contributed by atoms with Crippen molar-refractivity contribution < 1.29 is 14.0 Å². The molecule has 0 unspecified atom stereocenters. The van der Waals surface area contributed by atoms with Crippen molar-refractivity contribution in [2.24, 2.45) is 0 Å². The first-order chi connectivity index (χ1) is 13.6. The number of hydrogen-bond acceptors (Lipinski definition) is 3. The summed E-state index contributed by atoms with van der Waals surface area (Å²) in [7, 11) is 0. The lowest BCUT2D eigenvalue weighted by atomic mass is 9.99. The summed E-state index contributed by atoms with van der Waals surface area (Å²) in [5.74, 6) is -0.892. The molecule has 0 saturated carbocycles. The number of H-pyrrole nitrogens is 1. The van der Waals surface area contributed by atoms with Gasteiger partial charge >= 0.3 is 0 Å². The topological polar surface area (TPSA) is 86.9 Å². The highest BCUT2D eigenvalue weighted by Crippen LogP contribution is 2.32. The van der Waals surface area contributed by atoms with E-state index in [-0.39, 0.29) is 17.6 Å². The van der Waals surface area contributed by atoms with Gasteiger partial charge in [0.05, 0.1) is 0 Å². The van der Waals surface area contributed by atoms with Crippen LogP contribution >= 0.6 is 0 Å². The summed E-state index contributed by atoms with van der Waals surface area (Å²) in [5, 5.41) is 6.26. The molecule has 3 aromatic rings. The molecule has 0 fully saturated rings. The number of carbonyl (C=O) groups is 2. The van der Waals surface area contributed by atoms with Crippen molar-refractivity contribution >= 4 is 28.3 Å². The monoisotopic (exact) mass is 378 g/mol. The molecule has 3 N–H and O–H groups in total. The van der Waals surface area contributed by atoms with E-state index >= 15 is 0 Å². The van der Waals surface area contributed by atoms with E-state index < -0.39 is 0 Å². The van der Waals surface area contributed by atoms with Crippen molar-refractivity contribution in [1.82, 2.24) is 20.6 Å². The van der Waals surface area contributed by atoms with Gasteiger partial charge in [-0.2, -0.15) is 0 Å². The van der Waals surface area contributed by atoms with Crippen LogP contribution in [-0.2, 0) is 11.2 Å². The minimum Gasteiger partial charge on any atom is -0.352 e. The van der Waals surface area contributed by atoms with E-state index in [2.05, 4.69) is 20.6 Å². The van der Waals surface area contributed by atoms with Crippen molar-refractivity contribution in [2.75, 3.05) is 13.1 Å². The molecule has 4 rings (SSSR count). The average molecular weight is 378 g/mol. The number of nitrogens with one attached hydrogen (secondary N) is 3. The Morgan fingerprint density at radius 2 is 2.21 bits per heavy atom. The number of hydrogen-bond donors (Lipinski definition) is 3. The largest absolute Gasteiger partial charge is 0.352 e. The molecule has 1 aliphatic heterocycles. The summed E-state index contributed by atoms with van der Waals surface area (Å²) in [4.78, 5) is 31.9. The number of carbonyl (C=O) groups excluding carboxylic acids is 2. The molecule has 0 radical (unpaired) electrons. The van der Waals surface area contributed by atoms with Gasteiger partial charge in [0.1, 0.15) is 11.5 Å². The third kappa shape index (κ3) is 3.64. The van der Waals surface area contributed by atoms with Gasteiger partial charge in [0.15, 0.2) is 0 Å². The fourth-order valence-corrected chi connectivity index (χ4v) is 3.42. The van der Waals surface area contributed by atoms with Crippen LogP contribution in [0.3, 0.4) is 0 Å². The van der Waals surface area contributed by atoms with Gasteiger partial charge in [-0.25, -0.2) is 4.39 Å². The molecule has 1 aliphatic rings. The lowest BCUT2D eigenvalue weighted by Gasteiger charge is -2.07. The second kappa shape index (κ2) is 7.64. The zero-order chi connectivity index (χ0) is 19.5. The van der Waals surface area contributed by atoms with Crippen LogP contribution < -0.4 is 10.6 Å². The summed E-state index contributed by atoms with van der Waals surface area (Å²) in [6.07, 6.45) is 6.13. The number of aromatic nitrogens is 2. The number of pyridine rings is 1. The molecule has 7 heteroatoms. The molecule has 28 heavy (non-hydrogen) atoms. The number of aromatic amines is 1. The molecule has 0 atom stereocenters. The summed E-state index contributed by atoms with van der Waals surface area (Å²) < 4.78 is 13.8. The number of amides is 2. The Morgan fingerprint density at radius 3 is 3.04 bits per heavy atom. The number of nitrogens with zero attached hydrogens (tertiary/aromatic N) is 1. The Morgan fingerprint density at radius 1 is 1.32 bits per heavy atom. The van der Waals surface area contributed by atoms with Gasteiger partial charge in [-0.05, 0) is 48.2 Å². The third-order valence-electron chi connectivity index (χ3n) is 4.73. The van der Waals surface area contributed by atoms with Gasteiger partial charge < -0.3 is 15.6 Å². The number of rotatable bonds is 4. The molecule has 6 nitrogen and oxygen atoms in total. The maximum absolute atomic E-state index is 13.8. The van der Waals surface area contributed by atoms with Gasteiger partial charge in [-0.1, -0.05) is 6.07 Å². The van der Waals surface area contributed by atoms with Crippen LogP contribution in [0.2, 0.25) is 0 Å². The average Bonchev–Trinajstić information content (AvgIpc) is 2.99. The molecule has 0 bridgehead atoms. The van der Waals surface area contributed by atoms with Crippen LogP contribution in [0.5, 0.6) is 0 Å². The standard InChI is InChI=1S/C21H19FN4O2/c22-15-3-4-17-16(11-15)19-14(6-9-25-21(28)20(19)26-17)10-18(27)24-8-5-13-2-1-7-23-12-13/h1-4,7,10-12,26H,5-6,8-9H2,(H,24,27)(H,25,28)/b14-10-. The SMILES string of the molecule is O=C(/C=C1/CCNC(=O)c2[nH]c3ccc(F)cc3c21)NCCc1cccnc1. The molecule has 0 spiro atoms. The van der Waals surface area contributed by atoms with Crippen molar-refractivity contribution in [3.05, 3.63) is 71.4 Å². The zero-order valence-corrected chi connectivity index (χ0v) is 15.1. The molecule has 1 aromatic carbocycles. The summed E-state index contributed by atoms with van der Waals surface area (Å²) in [5.41, 5.74) is 3.34. The second-order valence-corrected chi connectivity index (χ2v) is 6.64. The Hall–Kier alpha value is -3.48. The first-order valence-electron chi connectivity index (χ1n) is 9.09. The highest BCUT2D eigenvalue weighted by atomic mass is 19.1. The fourth-order valence-electron chi connectivity index (χ4n) is 3.42. The summed E-state index contributed by atoms with van der Waals surface area (Å²) in [6, 6.07) is 8.12. The first kappa shape index (κ1) is 17.9. The van der Waals surface area contributed by atoms with Crippen molar-refractivity contribution in [3.63, 3.8) is 0 Å². The Kier molecular flexibility index (Phi) is 4.89. The smallest absolute Gasteiger partial charge is 0.268 e. The minimum atomic E-state index is -0.390. The van der Waals surface area contributed by atoms with E-state index in [0.29, 0.717) is 53.7 Å². The quantitative estimate of drug-likeness (QED) is 0.610. The van der Waals surface area contributed by atoms with E-state index in [4.69, 9.17) is 0 Å². The van der Waals surface area contributed by atoms with E-state index in [1.54, 1.807) is 18.5 Å². The maximum Gasteiger partial charge on any atom is 0.268 e. The maximum atomic E-state index is 13.8. The summed E-state index contributed by atoms with van der Waals surface area (Å²) in [6.45, 7) is 0.883. The first-order valence-corrected chi connectivity index (χ1v) is 9.09. The zero-order valence-electron chi connectivity index (χ0n) is 15.1. The van der Waals surface area contributed by atoms with Crippen LogP contribution in [0.15, 0.2) is 48.8 Å². The van der Waals surface area contributed by atoms with E-state index in [0.717, 1.165) is 5.56 Å². The molecule has 0 aliphatic carbocycles. The molecule has 142 valence electrons. The second-order valence-electron chi connectivity index (χ2n) is 6.64. The van der Waals surface area contributed by atoms with Gasteiger partial charge in [0.2, 0.25) is 5.91 Å². The van der Waals surface area contributed by atoms with Crippen molar-refractivity contribution in [2.45, 2.75) is 12.8 Å². The van der Waals surface area contributed by atoms with Gasteiger partial charge in [-0.15, -0.1) is 0 Å². The van der Waals surface area contributed by atoms with Crippen LogP contribution in [0.25, 0.3) is 16.5 Å². The lowest BCUT2D eigenvalue weighted by Crippen LogP contribution is -2.24. The molecule has 2 aromatic heterocycles. The molecule has 3 heterocycles. The van der Waals surface area contributed by atoms with E-state index in [9.17, 15) is 14.0 Å². The fraction of sp³-hybridized carbons (Fsp3) is 0.190. The Balaban J connectivity index is 1.59. The van der Waals surface area contributed by atoms with Gasteiger partial charge in [-0.3, -0.25) is 14.6 Å². The highest BCUT2D eigenvalue weighted by molar-refractivity contribution is 6.10. The normalized spacial score (nSPS) is 15.2. The number of fused-ring (bicyclic) bond motifs is 3. The highest BCUT2D eigenvalue weighted by Gasteiger charge is 2.24. The summed E-state index contributed by atoms with van der Waals surface area (Å²) >= 11 is 0. The molecule has 0 saturated heterocycles. The van der Waals surface area contributed by atoms with Gasteiger partial charge in [0.25, 0.3) is 5.91 Å².